The molecule has 0 N–H and O–H groups in total. The fourth-order valence-corrected chi connectivity index (χ4v) is 5.20. The Kier molecular flexibility index (Phi) is 6.30. The molecular weight excluding hydrogens is 378 g/mol. The number of sulfonamides is 1. The summed E-state index contributed by atoms with van der Waals surface area (Å²) in [6.45, 7) is 3.30. The Morgan fingerprint density at radius 1 is 1.21 bits per heavy atom. The Morgan fingerprint density at radius 2 is 2.00 bits per heavy atom. The molecular formula is C20H29N3O4S. The van der Waals surface area contributed by atoms with Crippen molar-refractivity contribution in [2.24, 2.45) is 0 Å². The largest absolute Gasteiger partial charge is 0.493 e. The quantitative estimate of drug-likeness (QED) is 0.705. The molecule has 2 aromatic rings. The minimum Gasteiger partial charge on any atom is -0.493 e. The monoisotopic (exact) mass is 407 g/mol. The second kappa shape index (κ2) is 8.53. The molecule has 1 aliphatic heterocycles. The lowest BCUT2D eigenvalue weighted by Crippen LogP contribution is -2.43. The minimum absolute atomic E-state index is 0.0351. The second-order valence-corrected chi connectivity index (χ2v) is 9.24. The van der Waals surface area contributed by atoms with E-state index in [1.807, 2.05) is 25.3 Å². The van der Waals surface area contributed by atoms with Crippen LogP contribution in [0.25, 0.3) is 11.4 Å². The summed E-state index contributed by atoms with van der Waals surface area (Å²) in [5.41, 5.74) is 1.92. The molecule has 0 spiro atoms. The summed E-state index contributed by atoms with van der Waals surface area (Å²) in [7, 11) is 0.0607. The van der Waals surface area contributed by atoms with Gasteiger partial charge < -0.3 is 14.0 Å². The number of methoxy groups -OCH3 is 2. The number of hydrogen-bond acceptors (Lipinski definition) is 5. The number of hydrogen-bond donors (Lipinski definition) is 0. The van der Waals surface area contributed by atoms with Crippen LogP contribution in [-0.4, -0.2) is 55.3 Å². The summed E-state index contributed by atoms with van der Waals surface area (Å²) < 4.78 is 39.0. The van der Waals surface area contributed by atoms with Gasteiger partial charge in [0, 0.05) is 31.5 Å². The molecule has 1 aromatic carbocycles. The van der Waals surface area contributed by atoms with E-state index < -0.39 is 10.0 Å². The van der Waals surface area contributed by atoms with E-state index in [-0.39, 0.29) is 6.04 Å². The van der Waals surface area contributed by atoms with Gasteiger partial charge in [-0.1, -0.05) is 6.42 Å². The third-order valence-electron chi connectivity index (χ3n) is 5.28. The van der Waals surface area contributed by atoms with Gasteiger partial charge in [-0.2, -0.15) is 4.31 Å². The van der Waals surface area contributed by atoms with E-state index in [2.05, 4.69) is 9.55 Å². The van der Waals surface area contributed by atoms with Crippen LogP contribution in [0.2, 0.25) is 0 Å². The molecule has 1 aromatic heterocycles. The van der Waals surface area contributed by atoms with E-state index >= 15 is 0 Å². The van der Waals surface area contributed by atoms with E-state index in [4.69, 9.17) is 9.47 Å². The van der Waals surface area contributed by atoms with Crippen molar-refractivity contribution >= 4 is 10.0 Å². The molecule has 1 aliphatic rings. The van der Waals surface area contributed by atoms with Crippen molar-refractivity contribution in [2.45, 2.75) is 45.2 Å². The smallest absolute Gasteiger partial charge is 0.211 e. The van der Waals surface area contributed by atoms with Gasteiger partial charge in [-0.05, 0) is 43.9 Å². The SMILES string of the molecule is COc1cc(C)cc(-c2nccn2CCC2CCCCN2S(C)(=O)=O)c1OC. The highest BCUT2D eigenvalue weighted by atomic mass is 32.2. The predicted octanol–water partition coefficient (Wildman–Crippen LogP) is 3.08. The number of piperidine rings is 1. The molecule has 0 radical (unpaired) electrons. The summed E-state index contributed by atoms with van der Waals surface area (Å²) in [5, 5.41) is 0. The third-order valence-corrected chi connectivity index (χ3v) is 6.61. The highest BCUT2D eigenvalue weighted by molar-refractivity contribution is 7.88. The molecule has 7 nitrogen and oxygen atoms in total. The van der Waals surface area contributed by atoms with Crippen molar-refractivity contribution in [3.8, 4) is 22.9 Å². The van der Waals surface area contributed by atoms with Crippen LogP contribution in [0.15, 0.2) is 24.5 Å². The van der Waals surface area contributed by atoms with Gasteiger partial charge in [0.2, 0.25) is 10.0 Å². The number of imidazole rings is 1. The summed E-state index contributed by atoms with van der Waals surface area (Å²) >= 11 is 0. The third kappa shape index (κ3) is 4.33. The molecule has 154 valence electrons. The molecule has 0 bridgehead atoms. The van der Waals surface area contributed by atoms with Crippen molar-refractivity contribution in [2.75, 3.05) is 27.0 Å². The lowest BCUT2D eigenvalue weighted by Gasteiger charge is -2.33. The number of benzene rings is 1. The molecule has 0 amide bonds. The summed E-state index contributed by atoms with van der Waals surface area (Å²) in [5.74, 6) is 2.11. The standard InChI is InChI=1S/C20H29N3O4S/c1-15-13-17(19(27-3)18(14-15)26-2)20-21-9-12-22(20)11-8-16-7-5-6-10-23(16)28(4,24)25/h9,12-14,16H,5-8,10-11H2,1-4H3. The van der Waals surface area contributed by atoms with Crippen LogP contribution in [0, 0.1) is 6.92 Å². The maximum atomic E-state index is 12.1. The minimum atomic E-state index is -3.18. The average molecular weight is 408 g/mol. The first kappa shape index (κ1) is 20.7. The van der Waals surface area contributed by atoms with Crippen LogP contribution in [0.4, 0.5) is 0 Å². The Morgan fingerprint density at radius 3 is 2.68 bits per heavy atom. The molecule has 1 atom stereocenters. The second-order valence-electron chi connectivity index (χ2n) is 7.30. The first-order chi connectivity index (χ1) is 13.3. The van der Waals surface area contributed by atoms with Crippen LogP contribution in [0.3, 0.4) is 0 Å². The summed E-state index contributed by atoms with van der Waals surface area (Å²) in [6.07, 6.45) is 8.64. The molecule has 28 heavy (non-hydrogen) atoms. The van der Waals surface area contributed by atoms with E-state index in [0.29, 0.717) is 24.6 Å². The summed E-state index contributed by atoms with van der Waals surface area (Å²) in [6, 6.07) is 4.00. The maximum Gasteiger partial charge on any atom is 0.211 e. The first-order valence-electron chi connectivity index (χ1n) is 9.56. The van der Waals surface area contributed by atoms with Crippen molar-refractivity contribution in [3.63, 3.8) is 0 Å². The number of nitrogens with zero attached hydrogens (tertiary/aromatic N) is 3. The Balaban J connectivity index is 1.86. The van der Waals surface area contributed by atoms with Gasteiger partial charge >= 0.3 is 0 Å². The Bertz CT molecular complexity index is 924. The van der Waals surface area contributed by atoms with Gasteiger partial charge in [-0.15, -0.1) is 0 Å². The van der Waals surface area contributed by atoms with E-state index in [9.17, 15) is 8.42 Å². The van der Waals surface area contributed by atoms with Crippen molar-refractivity contribution in [3.05, 3.63) is 30.1 Å². The van der Waals surface area contributed by atoms with Crippen LogP contribution in [0.5, 0.6) is 11.5 Å². The van der Waals surface area contributed by atoms with Crippen LogP contribution in [-0.2, 0) is 16.6 Å². The topological polar surface area (TPSA) is 73.7 Å². The lowest BCUT2D eigenvalue weighted by atomic mass is 10.0. The fourth-order valence-electron chi connectivity index (χ4n) is 3.99. The molecule has 3 rings (SSSR count). The number of ether oxygens (including phenoxy) is 2. The van der Waals surface area contributed by atoms with Crippen molar-refractivity contribution < 1.29 is 17.9 Å². The zero-order valence-corrected chi connectivity index (χ0v) is 17.8. The molecule has 8 heteroatoms. The van der Waals surface area contributed by atoms with Gasteiger partial charge in [-0.25, -0.2) is 13.4 Å². The molecule has 1 saturated heterocycles. The average Bonchev–Trinajstić information content (AvgIpc) is 3.13. The van der Waals surface area contributed by atoms with E-state index in [0.717, 1.165) is 42.6 Å². The highest BCUT2D eigenvalue weighted by Crippen LogP contribution is 2.38. The fraction of sp³-hybridized carbons (Fsp3) is 0.550. The Labute approximate surface area is 167 Å². The molecule has 2 heterocycles. The van der Waals surface area contributed by atoms with Crippen LogP contribution >= 0.6 is 0 Å². The predicted molar refractivity (Wildman–Crippen MR) is 109 cm³/mol. The van der Waals surface area contributed by atoms with Gasteiger partial charge in [-0.3, -0.25) is 0 Å². The van der Waals surface area contributed by atoms with Crippen molar-refractivity contribution in [1.82, 2.24) is 13.9 Å². The van der Waals surface area contributed by atoms with Gasteiger partial charge in [0.1, 0.15) is 5.82 Å². The molecule has 0 aliphatic carbocycles. The highest BCUT2D eigenvalue weighted by Gasteiger charge is 2.29. The van der Waals surface area contributed by atoms with Gasteiger partial charge in [0.15, 0.2) is 11.5 Å². The van der Waals surface area contributed by atoms with Gasteiger partial charge in [0.05, 0.1) is 26.0 Å². The Hall–Kier alpha value is -2.06. The number of aryl methyl sites for hydroxylation is 2. The zero-order chi connectivity index (χ0) is 20.3. The summed E-state index contributed by atoms with van der Waals surface area (Å²) in [4.78, 5) is 4.54. The number of rotatable bonds is 7. The molecule has 1 fully saturated rings. The van der Waals surface area contributed by atoms with E-state index in [1.165, 1.54) is 6.26 Å². The molecule has 1 unspecified atom stereocenters. The van der Waals surface area contributed by atoms with Crippen LogP contribution < -0.4 is 9.47 Å². The maximum absolute atomic E-state index is 12.1. The van der Waals surface area contributed by atoms with E-state index in [1.54, 1.807) is 24.7 Å². The lowest BCUT2D eigenvalue weighted by molar-refractivity contribution is 0.235. The van der Waals surface area contributed by atoms with Crippen LogP contribution in [0.1, 0.15) is 31.2 Å². The zero-order valence-electron chi connectivity index (χ0n) is 17.0. The van der Waals surface area contributed by atoms with Gasteiger partial charge in [0.25, 0.3) is 0 Å². The van der Waals surface area contributed by atoms with Crippen molar-refractivity contribution in [1.29, 1.82) is 0 Å². The molecule has 0 saturated carbocycles. The first-order valence-corrected chi connectivity index (χ1v) is 11.4. The normalized spacial score (nSPS) is 18.2. The number of aromatic nitrogens is 2.